The number of unbranched alkanes of at least 4 members (excludes halogenated alkanes) is 2. The van der Waals surface area contributed by atoms with Crippen molar-refractivity contribution in [3.05, 3.63) is 64.7 Å². The van der Waals surface area contributed by atoms with Gasteiger partial charge in [-0.1, -0.05) is 55.8 Å². The number of para-hydroxylation sites is 2. The van der Waals surface area contributed by atoms with Crippen LogP contribution in [0, 0.1) is 5.82 Å². The van der Waals surface area contributed by atoms with Crippen LogP contribution < -0.4 is 10.9 Å². The van der Waals surface area contributed by atoms with Crippen LogP contribution in [0.5, 0.6) is 0 Å². The molecule has 2 aromatic carbocycles. The van der Waals surface area contributed by atoms with Crippen LogP contribution in [0.1, 0.15) is 26.2 Å². The number of thioether (sulfide) groups is 1. The Bertz CT molecular complexity index is 1040. The number of nitrogens with zero attached hydrogens (tertiary/aromatic N) is 2. The predicted octanol–water partition coefficient (Wildman–Crippen LogP) is 3.92. The summed E-state index contributed by atoms with van der Waals surface area (Å²) in [4.78, 5) is 29.7. The van der Waals surface area contributed by atoms with Crippen molar-refractivity contribution < 1.29 is 9.18 Å². The molecule has 3 aromatic rings. The topological polar surface area (TPSA) is 64.0 Å². The van der Waals surface area contributed by atoms with Crippen LogP contribution in [0.15, 0.2) is 58.5 Å². The van der Waals surface area contributed by atoms with E-state index in [1.165, 1.54) is 16.7 Å². The number of amides is 1. The first-order chi connectivity index (χ1) is 13.6. The molecular formula is C21H22FN3O2S. The molecule has 0 atom stereocenters. The van der Waals surface area contributed by atoms with Crippen molar-refractivity contribution in [2.75, 3.05) is 12.3 Å². The van der Waals surface area contributed by atoms with E-state index in [-0.39, 0.29) is 28.1 Å². The Morgan fingerprint density at radius 2 is 1.89 bits per heavy atom. The first-order valence-electron chi connectivity index (χ1n) is 9.28. The van der Waals surface area contributed by atoms with Gasteiger partial charge in [0.2, 0.25) is 5.91 Å². The zero-order valence-corrected chi connectivity index (χ0v) is 16.5. The third-order valence-electron chi connectivity index (χ3n) is 4.27. The molecule has 146 valence electrons. The van der Waals surface area contributed by atoms with Gasteiger partial charge in [0, 0.05) is 6.54 Å². The number of rotatable bonds is 8. The third-order valence-corrected chi connectivity index (χ3v) is 5.21. The van der Waals surface area contributed by atoms with Gasteiger partial charge in [0.15, 0.2) is 5.16 Å². The van der Waals surface area contributed by atoms with Crippen molar-refractivity contribution in [2.45, 2.75) is 31.3 Å². The molecule has 0 fully saturated rings. The normalized spacial score (nSPS) is 10.9. The molecule has 0 aliphatic heterocycles. The molecule has 0 saturated carbocycles. The lowest BCUT2D eigenvalue weighted by atomic mass is 10.2. The molecule has 0 unspecified atom stereocenters. The summed E-state index contributed by atoms with van der Waals surface area (Å²) < 4.78 is 15.6. The molecule has 0 aliphatic rings. The van der Waals surface area contributed by atoms with Gasteiger partial charge in [0.05, 0.1) is 22.3 Å². The minimum Gasteiger partial charge on any atom is -0.355 e. The highest BCUT2D eigenvalue weighted by atomic mass is 32.2. The van der Waals surface area contributed by atoms with Crippen LogP contribution in [0.2, 0.25) is 0 Å². The molecule has 0 aliphatic carbocycles. The van der Waals surface area contributed by atoms with Gasteiger partial charge in [-0.25, -0.2) is 9.37 Å². The van der Waals surface area contributed by atoms with Gasteiger partial charge >= 0.3 is 0 Å². The Morgan fingerprint density at radius 1 is 1.14 bits per heavy atom. The lowest BCUT2D eigenvalue weighted by Crippen LogP contribution is -2.27. The molecular weight excluding hydrogens is 377 g/mol. The van der Waals surface area contributed by atoms with Crippen LogP contribution >= 0.6 is 11.8 Å². The Balaban J connectivity index is 1.92. The highest BCUT2D eigenvalue weighted by molar-refractivity contribution is 7.99. The van der Waals surface area contributed by atoms with Crippen LogP contribution in [-0.4, -0.2) is 27.8 Å². The minimum atomic E-state index is -0.521. The summed E-state index contributed by atoms with van der Waals surface area (Å²) in [5.74, 6) is -0.554. The van der Waals surface area contributed by atoms with Crippen LogP contribution in [0.3, 0.4) is 0 Å². The molecule has 1 amide bonds. The summed E-state index contributed by atoms with van der Waals surface area (Å²) in [5, 5.41) is 3.55. The zero-order valence-electron chi connectivity index (χ0n) is 15.7. The molecule has 0 radical (unpaired) electrons. The van der Waals surface area contributed by atoms with Crippen molar-refractivity contribution in [2.24, 2.45) is 0 Å². The average Bonchev–Trinajstić information content (AvgIpc) is 2.71. The Kier molecular flexibility index (Phi) is 6.81. The van der Waals surface area contributed by atoms with E-state index in [0.717, 1.165) is 31.0 Å². The van der Waals surface area contributed by atoms with Gasteiger partial charge in [0.25, 0.3) is 5.56 Å². The summed E-state index contributed by atoms with van der Waals surface area (Å²) in [6.45, 7) is 2.73. The molecule has 1 N–H and O–H groups in total. The summed E-state index contributed by atoms with van der Waals surface area (Å²) in [5.41, 5.74) is 0.282. The van der Waals surface area contributed by atoms with Gasteiger partial charge < -0.3 is 5.32 Å². The predicted molar refractivity (Wildman–Crippen MR) is 111 cm³/mol. The molecule has 0 saturated heterocycles. The highest BCUT2D eigenvalue weighted by Crippen LogP contribution is 2.22. The molecule has 1 aromatic heterocycles. The maximum absolute atomic E-state index is 14.4. The first-order valence-corrected chi connectivity index (χ1v) is 10.3. The zero-order chi connectivity index (χ0) is 19.9. The fourth-order valence-electron chi connectivity index (χ4n) is 2.84. The first kappa shape index (κ1) is 20.1. The molecule has 28 heavy (non-hydrogen) atoms. The number of nitrogens with one attached hydrogen (secondary N) is 1. The second-order valence-corrected chi connectivity index (χ2v) is 7.29. The molecule has 1 heterocycles. The monoisotopic (exact) mass is 399 g/mol. The maximum atomic E-state index is 14.4. The summed E-state index contributed by atoms with van der Waals surface area (Å²) in [7, 11) is 0. The summed E-state index contributed by atoms with van der Waals surface area (Å²) >= 11 is 1.12. The number of carbonyl (C=O) groups excluding carboxylic acids is 1. The second kappa shape index (κ2) is 9.50. The molecule has 0 bridgehead atoms. The second-order valence-electron chi connectivity index (χ2n) is 6.35. The largest absolute Gasteiger partial charge is 0.355 e. The third kappa shape index (κ3) is 4.59. The van der Waals surface area contributed by atoms with Crippen molar-refractivity contribution >= 4 is 28.6 Å². The van der Waals surface area contributed by atoms with Crippen molar-refractivity contribution in [3.8, 4) is 5.69 Å². The van der Waals surface area contributed by atoms with E-state index in [1.54, 1.807) is 36.4 Å². The molecule has 3 rings (SSSR count). The smallest absolute Gasteiger partial charge is 0.266 e. The Morgan fingerprint density at radius 3 is 2.68 bits per heavy atom. The fraction of sp³-hybridized carbons (Fsp3) is 0.286. The van der Waals surface area contributed by atoms with Crippen molar-refractivity contribution in [1.29, 1.82) is 0 Å². The van der Waals surface area contributed by atoms with E-state index in [0.29, 0.717) is 17.4 Å². The number of halogens is 1. The van der Waals surface area contributed by atoms with Gasteiger partial charge in [-0.2, -0.15) is 0 Å². The standard InChI is InChI=1S/C21H22FN3O2S/c1-2-3-8-13-23-19(26)14-28-21-24-17-11-6-4-9-15(17)20(27)25(21)18-12-7-5-10-16(18)22/h4-7,9-12H,2-3,8,13-14H2,1H3,(H,23,26). The van der Waals surface area contributed by atoms with Crippen LogP contribution in [-0.2, 0) is 4.79 Å². The van der Waals surface area contributed by atoms with E-state index in [2.05, 4.69) is 17.2 Å². The van der Waals surface area contributed by atoms with Gasteiger partial charge in [-0.15, -0.1) is 0 Å². The molecule has 7 heteroatoms. The summed E-state index contributed by atoms with van der Waals surface area (Å²) in [6, 6.07) is 13.0. The molecule has 0 spiro atoms. The lowest BCUT2D eigenvalue weighted by Gasteiger charge is -2.13. The fourth-order valence-corrected chi connectivity index (χ4v) is 3.67. The van der Waals surface area contributed by atoms with E-state index >= 15 is 0 Å². The quantitative estimate of drug-likeness (QED) is 0.354. The Labute approximate surface area is 167 Å². The highest BCUT2D eigenvalue weighted by Gasteiger charge is 2.16. The number of hydrogen-bond acceptors (Lipinski definition) is 4. The van der Waals surface area contributed by atoms with Crippen LogP contribution in [0.25, 0.3) is 16.6 Å². The molecule has 5 nitrogen and oxygen atoms in total. The number of hydrogen-bond donors (Lipinski definition) is 1. The van der Waals surface area contributed by atoms with Crippen LogP contribution in [0.4, 0.5) is 4.39 Å². The number of benzene rings is 2. The van der Waals surface area contributed by atoms with Gasteiger partial charge in [0.1, 0.15) is 5.82 Å². The Hall–Kier alpha value is -2.67. The van der Waals surface area contributed by atoms with E-state index in [9.17, 15) is 14.0 Å². The van der Waals surface area contributed by atoms with Gasteiger partial charge in [-0.3, -0.25) is 14.2 Å². The van der Waals surface area contributed by atoms with E-state index < -0.39 is 5.82 Å². The minimum absolute atomic E-state index is 0.103. The van der Waals surface area contributed by atoms with Gasteiger partial charge in [-0.05, 0) is 30.7 Å². The number of carbonyl (C=O) groups is 1. The van der Waals surface area contributed by atoms with Crippen molar-refractivity contribution in [3.63, 3.8) is 0 Å². The maximum Gasteiger partial charge on any atom is 0.266 e. The number of fused-ring (bicyclic) bond motifs is 1. The van der Waals surface area contributed by atoms with Crippen molar-refractivity contribution in [1.82, 2.24) is 14.9 Å². The SMILES string of the molecule is CCCCCNC(=O)CSc1nc2ccccc2c(=O)n1-c1ccccc1F. The lowest BCUT2D eigenvalue weighted by molar-refractivity contribution is -0.118. The summed E-state index contributed by atoms with van der Waals surface area (Å²) in [6.07, 6.45) is 3.08. The van der Waals surface area contributed by atoms with E-state index in [4.69, 9.17) is 0 Å². The number of aromatic nitrogens is 2. The average molecular weight is 399 g/mol. The van der Waals surface area contributed by atoms with E-state index in [1.807, 2.05) is 0 Å².